The van der Waals surface area contributed by atoms with Gasteiger partial charge in [0.25, 0.3) is 5.91 Å². The highest BCUT2D eigenvalue weighted by molar-refractivity contribution is 6.04. The molecule has 6 heteroatoms. The second kappa shape index (κ2) is 7.47. The maximum atomic E-state index is 12.8. The highest BCUT2D eigenvalue weighted by atomic mass is 16.1. The molecule has 0 spiro atoms. The van der Waals surface area contributed by atoms with Gasteiger partial charge in [-0.15, -0.1) is 5.10 Å². The number of rotatable bonds is 3. The van der Waals surface area contributed by atoms with Crippen LogP contribution in [0.3, 0.4) is 0 Å². The van der Waals surface area contributed by atoms with Crippen LogP contribution in [0.5, 0.6) is 0 Å². The van der Waals surface area contributed by atoms with Gasteiger partial charge in [0.2, 0.25) is 5.96 Å². The fourth-order valence-corrected chi connectivity index (χ4v) is 3.03. The maximum Gasteiger partial charge on any atom is 0.280 e. The predicted molar refractivity (Wildman–Crippen MR) is 103 cm³/mol. The van der Waals surface area contributed by atoms with Crippen LogP contribution >= 0.6 is 0 Å². The van der Waals surface area contributed by atoms with E-state index < -0.39 is 0 Å². The molecular formula is C20H23N5O. The number of hydrogen-bond acceptors (Lipinski definition) is 3. The van der Waals surface area contributed by atoms with E-state index in [1.165, 1.54) is 0 Å². The summed E-state index contributed by atoms with van der Waals surface area (Å²) >= 11 is 0. The Morgan fingerprint density at radius 2 is 1.58 bits per heavy atom. The summed E-state index contributed by atoms with van der Waals surface area (Å²) in [5, 5.41) is 8.48. The second-order valence-electron chi connectivity index (χ2n) is 6.67. The first-order valence-corrected chi connectivity index (χ1v) is 8.76. The molecule has 26 heavy (non-hydrogen) atoms. The van der Waals surface area contributed by atoms with E-state index in [1.54, 1.807) is 16.8 Å². The van der Waals surface area contributed by atoms with Gasteiger partial charge in [0, 0.05) is 17.6 Å². The van der Waals surface area contributed by atoms with Gasteiger partial charge in [0.1, 0.15) is 5.52 Å². The monoisotopic (exact) mass is 349 g/mol. The van der Waals surface area contributed by atoms with Crippen LogP contribution in [0.25, 0.3) is 11.0 Å². The molecule has 0 aliphatic heterocycles. The van der Waals surface area contributed by atoms with Crippen LogP contribution in [-0.4, -0.2) is 43.8 Å². The van der Waals surface area contributed by atoms with Gasteiger partial charge in [-0.05, 0) is 52.0 Å². The van der Waals surface area contributed by atoms with Crippen LogP contribution in [0.1, 0.15) is 38.1 Å². The lowest BCUT2D eigenvalue weighted by Crippen LogP contribution is -2.46. The molecule has 0 N–H and O–H groups in total. The number of para-hydroxylation sites is 1. The average molecular weight is 349 g/mol. The Balaban J connectivity index is 2.16. The molecule has 0 aliphatic rings. The van der Waals surface area contributed by atoms with Crippen LogP contribution < -0.4 is 0 Å². The molecule has 0 saturated heterocycles. The average Bonchev–Trinajstić information content (AvgIpc) is 3.05. The maximum absolute atomic E-state index is 12.8. The number of aromatic nitrogens is 3. The molecule has 0 aliphatic carbocycles. The van der Waals surface area contributed by atoms with Crippen LogP contribution in [0.2, 0.25) is 0 Å². The molecule has 0 saturated carbocycles. The fraction of sp³-hybridized carbons (Fsp3) is 0.300. The molecule has 1 aromatic heterocycles. The van der Waals surface area contributed by atoms with Gasteiger partial charge in [-0.1, -0.05) is 35.5 Å². The Hall–Kier alpha value is -3.02. The van der Waals surface area contributed by atoms with Gasteiger partial charge in [0.15, 0.2) is 0 Å². The van der Waals surface area contributed by atoms with Gasteiger partial charge < -0.3 is 4.90 Å². The van der Waals surface area contributed by atoms with Crippen LogP contribution in [-0.2, 0) is 0 Å². The van der Waals surface area contributed by atoms with Crippen molar-refractivity contribution >= 4 is 22.9 Å². The first-order chi connectivity index (χ1) is 12.5. The number of amides is 1. The van der Waals surface area contributed by atoms with Crippen molar-refractivity contribution in [1.29, 1.82) is 0 Å². The highest BCUT2D eigenvalue weighted by Crippen LogP contribution is 2.15. The summed E-state index contributed by atoms with van der Waals surface area (Å²) in [5.74, 6) is 0.184. The minimum atomic E-state index is -0.300. The number of hydrogen-bond donors (Lipinski definition) is 0. The minimum absolute atomic E-state index is 0.139. The molecule has 0 atom stereocenters. The lowest BCUT2D eigenvalue weighted by Gasteiger charge is -2.33. The van der Waals surface area contributed by atoms with Crippen molar-refractivity contribution in [3.8, 4) is 0 Å². The van der Waals surface area contributed by atoms with Crippen LogP contribution in [0.4, 0.5) is 0 Å². The highest BCUT2D eigenvalue weighted by Gasteiger charge is 2.24. The number of fused-ring (bicyclic) bond motifs is 1. The Bertz CT molecular complexity index is 920. The number of aliphatic imine (C=N–C) groups is 1. The van der Waals surface area contributed by atoms with E-state index in [-0.39, 0.29) is 18.0 Å². The third-order valence-corrected chi connectivity index (χ3v) is 4.11. The lowest BCUT2D eigenvalue weighted by molar-refractivity contribution is 0.0999. The number of carbonyl (C=O) groups excluding carboxylic acids is 1. The van der Waals surface area contributed by atoms with Crippen molar-refractivity contribution in [2.24, 2.45) is 4.99 Å². The van der Waals surface area contributed by atoms with Crippen molar-refractivity contribution < 1.29 is 4.79 Å². The summed E-state index contributed by atoms with van der Waals surface area (Å²) in [7, 11) is 0. The first-order valence-electron chi connectivity index (χ1n) is 8.76. The second-order valence-corrected chi connectivity index (χ2v) is 6.67. The molecule has 2 aromatic carbocycles. The van der Waals surface area contributed by atoms with Crippen molar-refractivity contribution in [3.05, 3.63) is 60.2 Å². The molecule has 0 unspecified atom stereocenters. The molecule has 0 fully saturated rings. The van der Waals surface area contributed by atoms with Crippen molar-refractivity contribution in [3.63, 3.8) is 0 Å². The van der Waals surface area contributed by atoms with Crippen LogP contribution in [0.15, 0.2) is 59.6 Å². The van der Waals surface area contributed by atoms with E-state index in [2.05, 4.69) is 47.9 Å². The molecule has 3 aromatic rings. The zero-order chi connectivity index (χ0) is 18.7. The zero-order valence-electron chi connectivity index (χ0n) is 15.5. The van der Waals surface area contributed by atoms with Crippen molar-refractivity contribution in [2.75, 3.05) is 0 Å². The Labute approximate surface area is 153 Å². The van der Waals surface area contributed by atoms with Gasteiger partial charge in [-0.3, -0.25) is 4.79 Å². The van der Waals surface area contributed by atoms with Gasteiger partial charge in [-0.25, -0.2) is 0 Å². The minimum Gasteiger partial charge on any atom is -0.336 e. The number of nitrogens with zero attached hydrogens (tertiary/aromatic N) is 5. The van der Waals surface area contributed by atoms with Crippen molar-refractivity contribution in [2.45, 2.75) is 39.8 Å². The van der Waals surface area contributed by atoms with Crippen molar-refractivity contribution in [1.82, 2.24) is 19.9 Å². The molecule has 0 bridgehead atoms. The summed E-state index contributed by atoms with van der Waals surface area (Å²) in [5.41, 5.74) is 2.13. The summed E-state index contributed by atoms with van der Waals surface area (Å²) < 4.78 is 1.65. The quantitative estimate of drug-likeness (QED) is 0.535. The van der Waals surface area contributed by atoms with Gasteiger partial charge >= 0.3 is 0 Å². The van der Waals surface area contributed by atoms with E-state index in [0.29, 0.717) is 11.5 Å². The standard InChI is InChI=1S/C20H23N5O/c1-14(2)24(15(3)4)20(21-19(26)16-10-6-5-7-11-16)25-18-13-9-8-12-17(18)22-23-25/h5-15H,1-4H3. The van der Waals surface area contributed by atoms with E-state index in [1.807, 2.05) is 42.5 Å². The molecule has 3 rings (SSSR count). The number of benzene rings is 2. The van der Waals surface area contributed by atoms with E-state index >= 15 is 0 Å². The lowest BCUT2D eigenvalue weighted by atomic mass is 10.2. The number of carbonyl (C=O) groups is 1. The molecule has 6 nitrogen and oxygen atoms in total. The largest absolute Gasteiger partial charge is 0.336 e. The molecule has 134 valence electrons. The SMILES string of the molecule is CC(C)N(C(=NC(=O)c1ccccc1)n1nnc2ccccc21)C(C)C. The predicted octanol–water partition coefficient (Wildman–Crippen LogP) is 3.59. The Morgan fingerprint density at radius 3 is 2.23 bits per heavy atom. The third-order valence-electron chi connectivity index (χ3n) is 4.11. The summed E-state index contributed by atoms with van der Waals surface area (Å²) in [6.45, 7) is 8.28. The fourth-order valence-electron chi connectivity index (χ4n) is 3.03. The van der Waals surface area contributed by atoms with E-state index in [0.717, 1.165) is 11.0 Å². The zero-order valence-corrected chi connectivity index (χ0v) is 15.5. The molecule has 1 heterocycles. The van der Waals surface area contributed by atoms with Gasteiger partial charge in [-0.2, -0.15) is 9.67 Å². The van der Waals surface area contributed by atoms with Crippen LogP contribution in [0, 0.1) is 0 Å². The molecule has 0 radical (unpaired) electrons. The Kier molecular flexibility index (Phi) is 5.11. The van der Waals surface area contributed by atoms with E-state index in [9.17, 15) is 4.79 Å². The Morgan fingerprint density at radius 1 is 0.962 bits per heavy atom. The summed E-state index contributed by atoms with van der Waals surface area (Å²) in [6.07, 6.45) is 0. The summed E-state index contributed by atoms with van der Waals surface area (Å²) in [4.78, 5) is 19.3. The third kappa shape index (κ3) is 3.49. The molecule has 1 amide bonds. The summed E-state index contributed by atoms with van der Waals surface area (Å²) in [6, 6.07) is 17.0. The smallest absolute Gasteiger partial charge is 0.280 e. The van der Waals surface area contributed by atoms with E-state index in [4.69, 9.17) is 0 Å². The molecular weight excluding hydrogens is 326 g/mol. The topological polar surface area (TPSA) is 63.4 Å². The first kappa shape index (κ1) is 17.8. The normalized spacial score (nSPS) is 12.2. The van der Waals surface area contributed by atoms with Gasteiger partial charge in [0.05, 0.1) is 5.52 Å².